The number of hydrazone groups is 1. The molecular formula is C15H14N4O2S. The lowest BCUT2D eigenvalue weighted by molar-refractivity contribution is -0.133. The Kier molecular flexibility index (Phi) is 6.13. The number of thioether (sulfide) groups is 1. The van der Waals surface area contributed by atoms with Crippen molar-refractivity contribution in [1.29, 1.82) is 0 Å². The number of benzene rings is 2. The summed E-state index contributed by atoms with van der Waals surface area (Å²) in [7, 11) is 0. The maximum absolute atomic E-state index is 10.7. The number of nitrogens with one attached hydrogen (secondary N) is 1. The Morgan fingerprint density at radius 2 is 1.68 bits per heavy atom. The van der Waals surface area contributed by atoms with E-state index in [1.54, 1.807) is 12.1 Å². The van der Waals surface area contributed by atoms with Crippen LogP contribution in [-0.2, 0) is 4.79 Å². The summed E-state index contributed by atoms with van der Waals surface area (Å²) in [4.78, 5) is 10.7. The van der Waals surface area contributed by atoms with Gasteiger partial charge in [0.25, 0.3) is 0 Å². The zero-order valence-corrected chi connectivity index (χ0v) is 12.4. The van der Waals surface area contributed by atoms with Crippen LogP contribution in [-0.4, -0.2) is 22.0 Å². The maximum Gasteiger partial charge on any atom is 0.313 e. The van der Waals surface area contributed by atoms with Crippen molar-refractivity contribution >= 4 is 34.3 Å². The molecule has 0 bridgehead atoms. The second-order valence-corrected chi connectivity index (χ2v) is 5.03. The second-order valence-electron chi connectivity index (χ2n) is 4.09. The molecule has 112 valence electrons. The van der Waals surface area contributed by atoms with Crippen molar-refractivity contribution in [2.75, 3.05) is 11.2 Å². The fraction of sp³-hybridized carbons (Fsp3) is 0.0667. The normalized spacial score (nSPS) is 11.5. The molecule has 0 spiro atoms. The van der Waals surface area contributed by atoms with Gasteiger partial charge in [0.1, 0.15) is 0 Å². The van der Waals surface area contributed by atoms with Gasteiger partial charge in [0.05, 0.1) is 17.1 Å². The predicted octanol–water partition coefficient (Wildman–Crippen LogP) is 3.97. The number of aliphatic carboxylic acids is 1. The molecule has 0 aliphatic rings. The first kappa shape index (κ1) is 15.7. The summed E-state index contributed by atoms with van der Waals surface area (Å²) in [5.41, 5.74) is 4.28. The Bertz CT molecular complexity index is 660. The third kappa shape index (κ3) is 5.76. The van der Waals surface area contributed by atoms with E-state index < -0.39 is 5.97 Å². The summed E-state index contributed by atoms with van der Waals surface area (Å²) in [5.74, 6) is -1.07. The maximum atomic E-state index is 10.7. The van der Waals surface area contributed by atoms with E-state index in [0.717, 1.165) is 17.4 Å². The molecule has 0 fully saturated rings. The number of carboxylic acid groups (broad SMARTS) is 1. The summed E-state index contributed by atoms with van der Waals surface area (Å²) in [6, 6.07) is 18.5. The molecule has 0 radical (unpaired) electrons. The largest absolute Gasteiger partial charge is 0.481 e. The average Bonchev–Trinajstić information content (AvgIpc) is 2.56. The number of rotatable bonds is 5. The standard InChI is InChI=1S/C15H14N4O2S/c20-14(21)11-22-15(18-16-12-7-3-1-4-8-12)19-17-13-9-5-2-6-10-13/h1-10,16H,11H2,(H,20,21)/b18-15+,19-17?. The first-order valence-corrected chi connectivity index (χ1v) is 7.43. The number of nitrogens with zero attached hydrogens (tertiary/aromatic N) is 3. The lowest BCUT2D eigenvalue weighted by atomic mass is 10.3. The molecule has 2 aromatic rings. The molecule has 0 saturated carbocycles. The van der Waals surface area contributed by atoms with Gasteiger partial charge in [-0.15, -0.1) is 15.3 Å². The molecule has 2 aromatic carbocycles. The Morgan fingerprint density at radius 1 is 1.05 bits per heavy atom. The fourth-order valence-corrected chi connectivity index (χ4v) is 1.89. The SMILES string of the molecule is O=C(O)CS/C(N=Nc1ccccc1)=N/Nc1ccccc1. The minimum atomic E-state index is -0.938. The van der Waals surface area contributed by atoms with Gasteiger partial charge in [-0.2, -0.15) is 0 Å². The van der Waals surface area contributed by atoms with Gasteiger partial charge < -0.3 is 5.11 Å². The number of hydrogen-bond acceptors (Lipinski definition) is 5. The quantitative estimate of drug-likeness (QED) is 0.378. The molecule has 0 heterocycles. The van der Waals surface area contributed by atoms with Crippen molar-refractivity contribution in [2.24, 2.45) is 15.3 Å². The molecule has 22 heavy (non-hydrogen) atoms. The fourth-order valence-electron chi connectivity index (χ4n) is 1.43. The van der Waals surface area contributed by atoms with E-state index in [1.807, 2.05) is 48.5 Å². The lowest BCUT2D eigenvalue weighted by Crippen LogP contribution is -2.02. The smallest absolute Gasteiger partial charge is 0.313 e. The van der Waals surface area contributed by atoms with Crippen LogP contribution in [0.3, 0.4) is 0 Å². The number of amidine groups is 1. The van der Waals surface area contributed by atoms with Crippen LogP contribution >= 0.6 is 11.8 Å². The number of para-hydroxylation sites is 1. The molecule has 2 N–H and O–H groups in total. The van der Waals surface area contributed by atoms with Crippen LogP contribution in [0.15, 0.2) is 76.0 Å². The van der Waals surface area contributed by atoms with Gasteiger partial charge in [-0.25, -0.2) is 0 Å². The highest BCUT2D eigenvalue weighted by molar-refractivity contribution is 8.14. The molecule has 0 aliphatic carbocycles. The van der Waals surface area contributed by atoms with Gasteiger partial charge in [0, 0.05) is 0 Å². The highest BCUT2D eigenvalue weighted by Gasteiger charge is 2.04. The Labute approximate surface area is 132 Å². The molecule has 0 atom stereocenters. The van der Waals surface area contributed by atoms with E-state index in [4.69, 9.17) is 5.11 Å². The van der Waals surface area contributed by atoms with Gasteiger partial charge >= 0.3 is 5.97 Å². The van der Waals surface area contributed by atoms with Gasteiger partial charge in [0.2, 0.25) is 5.17 Å². The molecular weight excluding hydrogens is 300 g/mol. The van der Waals surface area contributed by atoms with Crippen molar-refractivity contribution in [3.63, 3.8) is 0 Å². The van der Waals surface area contributed by atoms with Crippen molar-refractivity contribution in [3.05, 3.63) is 60.7 Å². The monoisotopic (exact) mass is 314 g/mol. The molecule has 0 aromatic heterocycles. The Morgan fingerprint density at radius 3 is 2.32 bits per heavy atom. The van der Waals surface area contributed by atoms with Crippen LogP contribution < -0.4 is 5.43 Å². The topological polar surface area (TPSA) is 86.4 Å². The van der Waals surface area contributed by atoms with Crippen LogP contribution in [0.1, 0.15) is 0 Å². The van der Waals surface area contributed by atoms with Gasteiger partial charge in [0.15, 0.2) is 0 Å². The molecule has 7 heteroatoms. The molecule has 0 unspecified atom stereocenters. The summed E-state index contributed by atoms with van der Waals surface area (Å²) in [5, 5.41) is 21.1. The Balaban J connectivity index is 2.08. The zero-order valence-electron chi connectivity index (χ0n) is 11.6. The van der Waals surface area contributed by atoms with E-state index in [9.17, 15) is 4.79 Å². The summed E-state index contributed by atoms with van der Waals surface area (Å²) < 4.78 is 0. The number of carboxylic acids is 1. The van der Waals surface area contributed by atoms with E-state index in [-0.39, 0.29) is 10.9 Å². The molecule has 0 amide bonds. The van der Waals surface area contributed by atoms with Crippen molar-refractivity contribution in [2.45, 2.75) is 0 Å². The van der Waals surface area contributed by atoms with Crippen LogP contribution in [0.5, 0.6) is 0 Å². The number of carbonyl (C=O) groups is 1. The average molecular weight is 314 g/mol. The van der Waals surface area contributed by atoms with E-state index in [2.05, 4.69) is 20.8 Å². The van der Waals surface area contributed by atoms with Crippen LogP contribution in [0.25, 0.3) is 0 Å². The molecule has 6 nitrogen and oxygen atoms in total. The van der Waals surface area contributed by atoms with Crippen molar-refractivity contribution < 1.29 is 9.90 Å². The lowest BCUT2D eigenvalue weighted by Gasteiger charge is -2.01. The third-order valence-corrected chi connectivity index (χ3v) is 3.21. The minimum Gasteiger partial charge on any atom is -0.481 e. The first-order valence-electron chi connectivity index (χ1n) is 6.44. The van der Waals surface area contributed by atoms with Crippen LogP contribution in [0.4, 0.5) is 11.4 Å². The van der Waals surface area contributed by atoms with Crippen molar-refractivity contribution in [1.82, 2.24) is 0 Å². The van der Waals surface area contributed by atoms with Crippen LogP contribution in [0.2, 0.25) is 0 Å². The number of anilines is 1. The molecule has 0 aliphatic heterocycles. The van der Waals surface area contributed by atoms with Gasteiger partial charge in [-0.05, 0) is 24.3 Å². The predicted molar refractivity (Wildman–Crippen MR) is 88.6 cm³/mol. The highest BCUT2D eigenvalue weighted by atomic mass is 32.2. The highest BCUT2D eigenvalue weighted by Crippen LogP contribution is 2.14. The van der Waals surface area contributed by atoms with E-state index >= 15 is 0 Å². The summed E-state index contributed by atoms with van der Waals surface area (Å²) in [6.07, 6.45) is 0. The molecule has 0 saturated heterocycles. The second kappa shape index (κ2) is 8.58. The molecule has 2 rings (SSSR count). The van der Waals surface area contributed by atoms with E-state index in [1.165, 1.54) is 0 Å². The minimum absolute atomic E-state index is 0.136. The summed E-state index contributed by atoms with van der Waals surface area (Å²) >= 11 is 0.996. The first-order chi connectivity index (χ1) is 10.7. The third-order valence-electron chi connectivity index (χ3n) is 2.39. The zero-order chi connectivity index (χ0) is 15.6. The van der Waals surface area contributed by atoms with Gasteiger partial charge in [-0.3, -0.25) is 10.2 Å². The van der Waals surface area contributed by atoms with Crippen molar-refractivity contribution in [3.8, 4) is 0 Å². The number of azo groups is 1. The summed E-state index contributed by atoms with van der Waals surface area (Å²) in [6.45, 7) is 0. The van der Waals surface area contributed by atoms with E-state index in [0.29, 0.717) is 5.69 Å². The van der Waals surface area contributed by atoms with Crippen LogP contribution in [0, 0.1) is 0 Å². The number of hydrogen-bond donors (Lipinski definition) is 2. The van der Waals surface area contributed by atoms with Gasteiger partial charge in [-0.1, -0.05) is 48.2 Å². The Hall–Kier alpha value is -2.67.